The summed E-state index contributed by atoms with van der Waals surface area (Å²) in [6, 6.07) is 20.2. The fourth-order valence-corrected chi connectivity index (χ4v) is 17.2. The lowest BCUT2D eigenvalue weighted by molar-refractivity contribution is 0.384. The number of hydrogen-bond donors (Lipinski definition) is 0. The first-order chi connectivity index (χ1) is 24.2. The molecule has 0 aromatic heterocycles. The van der Waals surface area contributed by atoms with Crippen LogP contribution in [0.2, 0.25) is 0 Å². The van der Waals surface area contributed by atoms with Crippen LogP contribution in [0, 0.1) is 0 Å². The molecule has 0 spiro atoms. The highest BCUT2D eigenvalue weighted by atomic mass is 31.3. The van der Waals surface area contributed by atoms with Gasteiger partial charge in [0.05, 0.1) is 19.6 Å². The summed E-state index contributed by atoms with van der Waals surface area (Å²) in [5, 5.41) is 0. The fraction of sp³-hybridized carbons (Fsp3) is 0.571. The van der Waals surface area contributed by atoms with E-state index in [4.69, 9.17) is 13.6 Å². The van der Waals surface area contributed by atoms with Crippen LogP contribution in [0.5, 0.6) is 17.2 Å². The third-order valence-corrected chi connectivity index (χ3v) is 19.1. The molecule has 1 aliphatic heterocycles. The molecule has 282 valence electrons. The molecule has 1 saturated heterocycles. The minimum absolute atomic E-state index is 0.335. The second kappa shape index (κ2) is 18.5. The lowest BCUT2D eigenvalue weighted by Gasteiger charge is -2.37. The summed E-state index contributed by atoms with van der Waals surface area (Å²) >= 11 is 0. The lowest BCUT2D eigenvalue weighted by atomic mass is 9.94. The SMILES string of the molecule is CCN1[PH+](Oc2c(C(C)C)cccc2C(C)C)N(CC)[PH+](Oc2c(C(C)C)cccc2C(C)C)N(CC)[PH+]1Oc1c(C(C)C)cccc1C(C)C. The fourth-order valence-electron chi connectivity index (χ4n) is 6.90. The Balaban J connectivity index is 2.00. The number of para-hydroxylation sites is 3. The van der Waals surface area contributed by atoms with E-state index in [1.54, 1.807) is 0 Å². The van der Waals surface area contributed by atoms with Crippen LogP contribution < -0.4 is 13.6 Å². The van der Waals surface area contributed by atoms with Gasteiger partial charge in [0, 0.05) is 46.7 Å². The Bertz CT molecular complexity index is 1300. The van der Waals surface area contributed by atoms with Gasteiger partial charge in [-0.25, -0.2) is 0 Å². The van der Waals surface area contributed by atoms with Gasteiger partial charge in [-0.15, -0.1) is 0 Å². The lowest BCUT2D eigenvalue weighted by Crippen LogP contribution is -2.40. The van der Waals surface area contributed by atoms with Gasteiger partial charge in [-0.3, -0.25) is 0 Å². The first kappa shape index (κ1) is 42.0. The van der Waals surface area contributed by atoms with Crippen molar-refractivity contribution in [1.29, 1.82) is 0 Å². The standard InChI is InChI=1S/C42H66N3O3P3/c1-16-43-49(46-40-34(28(4)5)22-19-23-35(40)29(6)7)44(17-2)51(48-42-38(32(12)13)26-21-27-39(42)33(14)15)45(18-3)50(43)47-41-36(30(8)9)24-20-25-37(41)31(10)11/h19-33H,16-18H2,1-15H3/p+3. The van der Waals surface area contributed by atoms with Gasteiger partial charge in [0.1, 0.15) is 0 Å². The maximum atomic E-state index is 7.60. The van der Waals surface area contributed by atoms with E-state index in [1.807, 2.05) is 0 Å². The Morgan fingerprint density at radius 2 is 0.549 bits per heavy atom. The highest BCUT2D eigenvalue weighted by molar-refractivity contribution is 7.78. The molecule has 0 radical (unpaired) electrons. The molecule has 0 amide bonds. The zero-order chi connectivity index (χ0) is 37.7. The first-order valence-corrected chi connectivity index (χ1v) is 23.4. The zero-order valence-electron chi connectivity index (χ0n) is 34.3. The van der Waals surface area contributed by atoms with Crippen LogP contribution in [0.15, 0.2) is 54.6 Å². The van der Waals surface area contributed by atoms with E-state index >= 15 is 0 Å². The minimum Gasteiger partial charge on any atom is -0.307 e. The van der Waals surface area contributed by atoms with E-state index in [1.165, 1.54) is 33.4 Å². The van der Waals surface area contributed by atoms with Crippen molar-refractivity contribution < 1.29 is 13.6 Å². The summed E-state index contributed by atoms with van der Waals surface area (Å²) < 4.78 is 30.6. The molecule has 1 fully saturated rings. The van der Waals surface area contributed by atoms with Gasteiger partial charge in [0.25, 0.3) is 0 Å². The monoisotopic (exact) mass is 756 g/mol. The average Bonchev–Trinajstić information content (AvgIpc) is 3.08. The van der Waals surface area contributed by atoms with Gasteiger partial charge in [0.2, 0.25) is 0 Å². The number of nitrogens with zero attached hydrogens (tertiary/aromatic N) is 3. The van der Waals surface area contributed by atoms with Crippen LogP contribution in [0.3, 0.4) is 0 Å². The molecule has 3 aromatic carbocycles. The predicted molar refractivity (Wildman–Crippen MR) is 228 cm³/mol. The third-order valence-electron chi connectivity index (χ3n) is 9.87. The summed E-state index contributed by atoms with van der Waals surface area (Å²) in [6.45, 7) is 36.7. The van der Waals surface area contributed by atoms with Crippen LogP contribution in [0.1, 0.15) is 173 Å². The number of hydrogen-bond acceptors (Lipinski definition) is 6. The molecule has 4 rings (SSSR count). The molecule has 6 nitrogen and oxygen atoms in total. The highest BCUT2D eigenvalue weighted by Gasteiger charge is 2.68. The van der Waals surface area contributed by atoms with Crippen molar-refractivity contribution in [2.45, 2.75) is 139 Å². The Kier molecular flexibility index (Phi) is 15.2. The molecule has 3 aromatic rings. The van der Waals surface area contributed by atoms with E-state index in [2.05, 4.69) is 172 Å². The quantitative estimate of drug-likeness (QED) is 0.144. The molecular weight excluding hydrogens is 687 g/mol. The van der Waals surface area contributed by atoms with Crippen LogP contribution in [-0.2, 0) is 0 Å². The van der Waals surface area contributed by atoms with E-state index in [-0.39, 0.29) is 0 Å². The van der Waals surface area contributed by atoms with Crippen LogP contribution in [0.4, 0.5) is 0 Å². The van der Waals surface area contributed by atoms with Crippen molar-refractivity contribution in [2.24, 2.45) is 0 Å². The smallest absolute Gasteiger partial charge is 0.307 e. The largest absolute Gasteiger partial charge is 0.399 e. The van der Waals surface area contributed by atoms with E-state index in [0.29, 0.717) is 35.5 Å². The molecule has 0 unspecified atom stereocenters. The van der Waals surface area contributed by atoms with Gasteiger partial charge in [-0.1, -0.05) is 138 Å². The topological polar surface area (TPSA) is 37.4 Å². The third kappa shape index (κ3) is 9.13. The molecule has 0 atom stereocenters. The molecule has 0 saturated carbocycles. The van der Waals surface area contributed by atoms with Crippen molar-refractivity contribution in [2.75, 3.05) is 19.6 Å². The van der Waals surface area contributed by atoms with E-state index in [0.717, 1.165) is 36.9 Å². The second-order valence-electron chi connectivity index (χ2n) is 15.6. The predicted octanol–water partition coefficient (Wildman–Crippen LogP) is 13.8. The van der Waals surface area contributed by atoms with Crippen LogP contribution >= 0.6 is 25.3 Å². The first-order valence-electron chi connectivity index (χ1n) is 19.5. The molecule has 0 aliphatic carbocycles. The molecule has 0 N–H and O–H groups in total. The van der Waals surface area contributed by atoms with Crippen LogP contribution in [-0.4, -0.2) is 33.0 Å². The Morgan fingerprint density at radius 3 is 0.686 bits per heavy atom. The molecule has 1 heterocycles. The Labute approximate surface area is 315 Å². The Hall–Kier alpha value is -1.77. The van der Waals surface area contributed by atoms with Crippen molar-refractivity contribution >= 4 is 25.3 Å². The second-order valence-corrected chi connectivity index (χ2v) is 22.5. The van der Waals surface area contributed by atoms with Gasteiger partial charge < -0.3 is 13.6 Å². The minimum atomic E-state index is -1.83. The maximum Gasteiger partial charge on any atom is 0.399 e. The van der Waals surface area contributed by atoms with Gasteiger partial charge in [0.15, 0.2) is 17.2 Å². The Morgan fingerprint density at radius 1 is 0.373 bits per heavy atom. The molecule has 51 heavy (non-hydrogen) atoms. The van der Waals surface area contributed by atoms with Crippen molar-refractivity contribution in [1.82, 2.24) is 13.3 Å². The molecular formula is C42H69N3O3P3+3. The summed E-state index contributed by atoms with van der Waals surface area (Å²) in [7, 11) is -5.49. The average molecular weight is 757 g/mol. The van der Waals surface area contributed by atoms with Crippen molar-refractivity contribution in [3.8, 4) is 17.2 Å². The molecule has 1 aliphatic rings. The zero-order valence-corrected chi connectivity index (χ0v) is 37.3. The van der Waals surface area contributed by atoms with E-state index < -0.39 is 25.3 Å². The van der Waals surface area contributed by atoms with Crippen LogP contribution in [0.25, 0.3) is 0 Å². The van der Waals surface area contributed by atoms with Gasteiger partial charge in [-0.05, 0) is 56.3 Å². The summed E-state index contributed by atoms with van der Waals surface area (Å²) in [5.74, 6) is 5.17. The molecule has 0 bridgehead atoms. The number of benzene rings is 3. The van der Waals surface area contributed by atoms with Crippen molar-refractivity contribution in [3.05, 3.63) is 88.0 Å². The normalized spacial score (nSPS) is 19.4. The summed E-state index contributed by atoms with van der Waals surface area (Å²) in [6.07, 6.45) is 0. The molecule has 9 heteroatoms. The van der Waals surface area contributed by atoms with E-state index in [9.17, 15) is 0 Å². The van der Waals surface area contributed by atoms with Crippen molar-refractivity contribution in [3.63, 3.8) is 0 Å². The van der Waals surface area contributed by atoms with Gasteiger partial charge >= 0.3 is 25.3 Å². The van der Waals surface area contributed by atoms with Gasteiger partial charge in [-0.2, -0.15) is 0 Å². The maximum absolute atomic E-state index is 7.60. The number of rotatable bonds is 15. The summed E-state index contributed by atoms with van der Waals surface area (Å²) in [5.41, 5.74) is 7.63. The highest BCUT2D eigenvalue weighted by Crippen LogP contribution is 2.77. The summed E-state index contributed by atoms with van der Waals surface area (Å²) in [4.78, 5) is 0.